The summed E-state index contributed by atoms with van der Waals surface area (Å²) in [4.78, 5) is 31.4. The van der Waals surface area contributed by atoms with Gasteiger partial charge in [0.1, 0.15) is 5.75 Å². The third-order valence-corrected chi connectivity index (χ3v) is 9.96. The first-order valence-electron chi connectivity index (χ1n) is 16.8. The molecule has 2 aliphatic rings. The number of rotatable bonds is 8. The number of anilines is 1. The molecule has 1 saturated carbocycles. The largest absolute Gasteiger partial charge is 0.490 e. The van der Waals surface area contributed by atoms with Crippen molar-refractivity contribution in [3.63, 3.8) is 0 Å². The molecule has 0 aromatic heterocycles. The number of halogens is 2. The molecule has 10 heteroatoms. The minimum absolute atomic E-state index is 0.00136. The highest BCUT2D eigenvalue weighted by atomic mass is 35.5. The predicted molar refractivity (Wildman–Crippen MR) is 185 cm³/mol. The minimum Gasteiger partial charge on any atom is -0.490 e. The van der Waals surface area contributed by atoms with Gasteiger partial charge in [-0.15, -0.1) is 0 Å². The molecular formula is C36H51Cl2N3O5. The van der Waals surface area contributed by atoms with E-state index in [1.165, 1.54) is 6.42 Å². The lowest BCUT2D eigenvalue weighted by Gasteiger charge is -2.36. The Morgan fingerprint density at radius 1 is 1.04 bits per heavy atom. The summed E-state index contributed by atoms with van der Waals surface area (Å²) in [5.41, 5.74) is 2.01. The standard InChI is InChI=1S/C36H51Cl2N3O5/c1-24-20-41(25(2)23-42)36(44)30-19-29(39-35(43)28-11-6-5-7-12-28)14-16-33(30)46-26(3)10-8-9-17-45-34(24)22-40(4)21-27-13-15-31(37)32(38)18-27/h13-16,18-19,24-26,28,34,42H,5-12,17,20-23H2,1-4H3,(H,39,43)/t24-,25+,26-,34-/m1/s1. The summed E-state index contributed by atoms with van der Waals surface area (Å²) in [6, 6.07) is 10.6. The van der Waals surface area contributed by atoms with Crippen LogP contribution in [0, 0.1) is 11.8 Å². The van der Waals surface area contributed by atoms with Crippen molar-refractivity contribution in [1.29, 1.82) is 0 Å². The van der Waals surface area contributed by atoms with Crippen LogP contribution in [0.25, 0.3) is 0 Å². The van der Waals surface area contributed by atoms with Gasteiger partial charge in [0.15, 0.2) is 0 Å². The van der Waals surface area contributed by atoms with E-state index in [1.807, 2.05) is 45.2 Å². The van der Waals surface area contributed by atoms with E-state index in [0.29, 0.717) is 53.3 Å². The molecule has 0 spiro atoms. The monoisotopic (exact) mass is 675 g/mol. The van der Waals surface area contributed by atoms with Crippen LogP contribution in [0.4, 0.5) is 5.69 Å². The van der Waals surface area contributed by atoms with E-state index in [9.17, 15) is 14.7 Å². The average Bonchev–Trinajstić information content (AvgIpc) is 3.04. The molecule has 1 heterocycles. The first kappa shape index (κ1) is 36.5. The summed E-state index contributed by atoms with van der Waals surface area (Å²) in [7, 11) is 2.04. The molecule has 1 aliphatic heterocycles. The van der Waals surface area contributed by atoms with Crippen LogP contribution in [-0.2, 0) is 16.1 Å². The van der Waals surface area contributed by atoms with E-state index in [-0.39, 0.29) is 42.5 Å². The van der Waals surface area contributed by atoms with Crippen molar-refractivity contribution in [1.82, 2.24) is 9.80 Å². The zero-order chi connectivity index (χ0) is 33.2. The van der Waals surface area contributed by atoms with Gasteiger partial charge in [-0.25, -0.2) is 0 Å². The number of aliphatic hydroxyl groups is 1. The Kier molecular flexibility index (Phi) is 14.0. The Morgan fingerprint density at radius 3 is 2.50 bits per heavy atom. The summed E-state index contributed by atoms with van der Waals surface area (Å²) < 4.78 is 12.8. The van der Waals surface area contributed by atoms with Crippen LogP contribution >= 0.6 is 23.2 Å². The van der Waals surface area contributed by atoms with E-state index >= 15 is 0 Å². The Bertz CT molecular complexity index is 1300. The molecule has 2 N–H and O–H groups in total. The highest BCUT2D eigenvalue weighted by Gasteiger charge is 2.31. The number of likely N-dealkylation sites (N-methyl/N-ethyl adjacent to an activating group) is 1. The molecule has 0 saturated heterocycles. The summed E-state index contributed by atoms with van der Waals surface area (Å²) in [6.45, 7) is 8.04. The molecule has 0 bridgehead atoms. The Balaban J connectivity index is 1.58. The number of amides is 2. The molecule has 0 unspecified atom stereocenters. The summed E-state index contributed by atoms with van der Waals surface area (Å²) >= 11 is 12.4. The maximum atomic E-state index is 14.4. The van der Waals surface area contributed by atoms with Crippen LogP contribution in [0.2, 0.25) is 10.0 Å². The second kappa shape index (κ2) is 17.7. The number of ether oxygens (including phenoxy) is 2. The molecule has 4 rings (SSSR count). The van der Waals surface area contributed by atoms with Crippen molar-refractivity contribution in [2.75, 3.05) is 38.7 Å². The van der Waals surface area contributed by atoms with Crippen LogP contribution in [-0.4, -0.2) is 78.3 Å². The molecule has 1 aliphatic carbocycles. The van der Waals surface area contributed by atoms with Crippen molar-refractivity contribution in [3.8, 4) is 5.75 Å². The van der Waals surface area contributed by atoms with Crippen molar-refractivity contribution >= 4 is 40.7 Å². The number of fused-ring (bicyclic) bond motifs is 1. The average molecular weight is 677 g/mol. The third kappa shape index (κ3) is 10.3. The van der Waals surface area contributed by atoms with Gasteiger partial charge in [0.2, 0.25) is 5.91 Å². The zero-order valence-corrected chi connectivity index (χ0v) is 29.3. The number of carbonyl (C=O) groups is 2. The Labute approximate surface area is 284 Å². The predicted octanol–water partition coefficient (Wildman–Crippen LogP) is 7.44. The molecule has 2 aromatic rings. The van der Waals surface area contributed by atoms with Crippen molar-refractivity contribution in [3.05, 3.63) is 57.6 Å². The van der Waals surface area contributed by atoms with Crippen LogP contribution in [0.5, 0.6) is 5.75 Å². The molecular weight excluding hydrogens is 625 g/mol. The van der Waals surface area contributed by atoms with Gasteiger partial charge >= 0.3 is 0 Å². The van der Waals surface area contributed by atoms with E-state index in [1.54, 1.807) is 17.0 Å². The minimum atomic E-state index is -0.441. The van der Waals surface area contributed by atoms with Crippen molar-refractivity contribution < 1.29 is 24.2 Å². The quantitative estimate of drug-likeness (QED) is 0.302. The zero-order valence-electron chi connectivity index (χ0n) is 27.8. The second-order valence-corrected chi connectivity index (χ2v) is 14.1. The SMILES string of the molecule is C[C@@H]1CCCCO[C@H](CN(C)Cc2ccc(Cl)c(Cl)c2)[C@H](C)CN([C@@H](C)CO)C(=O)c2cc(NC(=O)C3CCCCC3)ccc2O1. The maximum absolute atomic E-state index is 14.4. The smallest absolute Gasteiger partial charge is 0.258 e. The van der Waals surface area contributed by atoms with Gasteiger partial charge in [-0.1, -0.05) is 55.5 Å². The Morgan fingerprint density at radius 2 is 1.78 bits per heavy atom. The molecule has 2 amide bonds. The lowest BCUT2D eigenvalue weighted by molar-refractivity contribution is -0.120. The summed E-state index contributed by atoms with van der Waals surface area (Å²) in [5, 5.41) is 14.4. The molecule has 8 nitrogen and oxygen atoms in total. The van der Waals surface area contributed by atoms with Gasteiger partial charge < -0.3 is 24.8 Å². The molecule has 2 aromatic carbocycles. The molecule has 254 valence electrons. The number of nitrogens with zero attached hydrogens (tertiary/aromatic N) is 2. The first-order chi connectivity index (χ1) is 22.0. The number of nitrogens with one attached hydrogen (secondary N) is 1. The molecule has 1 fully saturated rings. The number of hydrogen-bond donors (Lipinski definition) is 2. The molecule has 46 heavy (non-hydrogen) atoms. The highest BCUT2D eigenvalue weighted by Crippen LogP contribution is 2.30. The maximum Gasteiger partial charge on any atom is 0.258 e. The number of aliphatic hydroxyl groups excluding tert-OH is 1. The lowest BCUT2D eigenvalue weighted by Crippen LogP contribution is -2.47. The van der Waals surface area contributed by atoms with Gasteiger partial charge in [-0.05, 0) is 88.9 Å². The number of hydrogen-bond acceptors (Lipinski definition) is 6. The highest BCUT2D eigenvalue weighted by molar-refractivity contribution is 6.42. The lowest BCUT2D eigenvalue weighted by atomic mass is 9.88. The van der Waals surface area contributed by atoms with Crippen LogP contribution in [0.3, 0.4) is 0 Å². The van der Waals surface area contributed by atoms with Gasteiger partial charge in [0, 0.05) is 43.8 Å². The fourth-order valence-corrected chi connectivity index (χ4v) is 6.71. The van der Waals surface area contributed by atoms with Crippen molar-refractivity contribution in [2.24, 2.45) is 11.8 Å². The molecule has 0 radical (unpaired) electrons. The number of carbonyl (C=O) groups excluding carboxylic acids is 2. The van der Waals surface area contributed by atoms with Crippen LogP contribution in [0.1, 0.15) is 88.1 Å². The molecule has 4 atom stereocenters. The van der Waals surface area contributed by atoms with E-state index in [0.717, 1.165) is 50.5 Å². The number of benzene rings is 2. The summed E-state index contributed by atoms with van der Waals surface area (Å²) in [6.07, 6.45) is 7.43. The topological polar surface area (TPSA) is 91.3 Å². The third-order valence-electron chi connectivity index (χ3n) is 9.22. The van der Waals surface area contributed by atoms with E-state index < -0.39 is 6.04 Å². The second-order valence-electron chi connectivity index (χ2n) is 13.3. The van der Waals surface area contributed by atoms with Crippen LogP contribution in [0.15, 0.2) is 36.4 Å². The van der Waals surface area contributed by atoms with Gasteiger partial charge in [0.25, 0.3) is 5.91 Å². The van der Waals surface area contributed by atoms with Gasteiger partial charge in [-0.2, -0.15) is 0 Å². The Hall–Kier alpha value is -2.36. The summed E-state index contributed by atoms with van der Waals surface area (Å²) in [5.74, 6) is 0.190. The van der Waals surface area contributed by atoms with Crippen molar-refractivity contribution in [2.45, 2.75) is 96.9 Å². The van der Waals surface area contributed by atoms with Gasteiger partial charge in [0.05, 0.1) is 40.5 Å². The fourth-order valence-electron chi connectivity index (χ4n) is 6.39. The first-order valence-corrected chi connectivity index (χ1v) is 17.6. The van der Waals surface area contributed by atoms with E-state index in [4.69, 9.17) is 32.7 Å². The normalized spacial score (nSPS) is 22.9. The van der Waals surface area contributed by atoms with E-state index in [2.05, 4.69) is 17.1 Å². The van der Waals surface area contributed by atoms with Gasteiger partial charge in [-0.3, -0.25) is 14.5 Å². The fraction of sp³-hybridized carbons (Fsp3) is 0.611. The van der Waals surface area contributed by atoms with Crippen LogP contribution < -0.4 is 10.1 Å².